The summed E-state index contributed by atoms with van der Waals surface area (Å²) in [5, 5.41) is 7.56. The van der Waals surface area contributed by atoms with E-state index in [1.54, 1.807) is 0 Å². The van der Waals surface area contributed by atoms with Crippen molar-refractivity contribution in [2.24, 2.45) is 0 Å². The second-order valence-electron chi connectivity index (χ2n) is 3.47. The van der Waals surface area contributed by atoms with Crippen molar-refractivity contribution in [2.75, 3.05) is 13.1 Å². The quantitative estimate of drug-likeness (QED) is 0.597. The molecule has 3 heteroatoms. The Kier molecular flexibility index (Phi) is 4.92. The zero-order chi connectivity index (χ0) is 11.1. The van der Waals surface area contributed by atoms with Gasteiger partial charge in [-0.2, -0.15) is 5.10 Å². The summed E-state index contributed by atoms with van der Waals surface area (Å²) in [6.07, 6.45) is 3.13. The van der Waals surface area contributed by atoms with Crippen molar-refractivity contribution in [3.63, 3.8) is 0 Å². The van der Waals surface area contributed by atoms with Crippen LogP contribution in [-0.4, -0.2) is 22.9 Å². The van der Waals surface area contributed by atoms with Gasteiger partial charge >= 0.3 is 0 Å². The third kappa shape index (κ3) is 3.77. The topological polar surface area (TPSA) is 29.9 Å². The first-order valence-corrected chi connectivity index (χ1v) is 5.51. The molecule has 82 valence electrons. The van der Waals surface area contributed by atoms with E-state index in [-0.39, 0.29) is 0 Å². The van der Waals surface area contributed by atoms with Crippen molar-refractivity contribution in [1.82, 2.24) is 15.1 Å². The summed E-state index contributed by atoms with van der Waals surface area (Å²) < 4.78 is 1.96. The summed E-state index contributed by atoms with van der Waals surface area (Å²) in [5.41, 5.74) is 2.06. The van der Waals surface area contributed by atoms with Gasteiger partial charge in [-0.15, -0.1) is 0 Å². The summed E-state index contributed by atoms with van der Waals surface area (Å²) in [5.74, 6) is 6.22. The lowest BCUT2D eigenvalue weighted by molar-refractivity contribution is 0.598. The Morgan fingerprint density at radius 3 is 2.93 bits per heavy atom. The van der Waals surface area contributed by atoms with Gasteiger partial charge in [0, 0.05) is 12.7 Å². The zero-order valence-corrected chi connectivity index (χ0v) is 9.80. The van der Waals surface area contributed by atoms with Gasteiger partial charge in [0.15, 0.2) is 0 Å². The lowest BCUT2D eigenvalue weighted by Crippen LogP contribution is -2.11. The lowest BCUT2D eigenvalue weighted by atomic mass is 10.3. The van der Waals surface area contributed by atoms with Gasteiger partial charge in [-0.3, -0.25) is 4.68 Å². The number of aryl methyl sites for hydroxylation is 2. The fourth-order valence-electron chi connectivity index (χ4n) is 1.31. The lowest BCUT2D eigenvalue weighted by Gasteiger charge is -1.93. The number of nitrogens with one attached hydrogen (secondary N) is 1. The second kappa shape index (κ2) is 6.26. The van der Waals surface area contributed by atoms with Crippen molar-refractivity contribution in [2.45, 2.75) is 33.7 Å². The van der Waals surface area contributed by atoms with Crippen molar-refractivity contribution >= 4 is 0 Å². The van der Waals surface area contributed by atoms with Crippen LogP contribution < -0.4 is 5.32 Å². The highest BCUT2D eigenvalue weighted by Gasteiger charge is 2.00. The van der Waals surface area contributed by atoms with Crippen molar-refractivity contribution < 1.29 is 0 Å². The molecule has 0 aliphatic rings. The van der Waals surface area contributed by atoms with Gasteiger partial charge in [0.1, 0.15) is 0 Å². The summed E-state index contributed by atoms with van der Waals surface area (Å²) in [7, 11) is 0. The van der Waals surface area contributed by atoms with Gasteiger partial charge in [0.05, 0.1) is 17.8 Å². The molecule has 3 nitrogen and oxygen atoms in total. The minimum Gasteiger partial charge on any atom is -0.306 e. The summed E-state index contributed by atoms with van der Waals surface area (Å²) in [6, 6.07) is 0. The average Bonchev–Trinajstić information content (AvgIpc) is 2.55. The third-order valence-electron chi connectivity index (χ3n) is 2.09. The number of hydrogen-bond donors (Lipinski definition) is 1. The van der Waals surface area contributed by atoms with Crippen molar-refractivity contribution in [3.8, 4) is 11.8 Å². The Hall–Kier alpha value is -1.27. The predicted octanol–water partition coefficient (Wildman–Crippen LogP) is 1.56. The Morgan fingerprint density at radius 2 is 2.27 bits per heavy atom. The van der Waals surface area contributed by atoms with Crippen LogP contribution in [0.25, 0.3) is 0 Å². The fourth-order valence-corrected chi connectivity index (χ4v) is 1.31. The number of rotatable bonds is 4. The maximum atomic E-state index is 4.39. The molecular weight excluding hydrogens is 186 g/mol. The maximum absolute atomic E-state index is 4.39. The van der Waals surface area contributed by atoms with E-state index in [0.717, 1.165) is 37.3 Å². The molecule has 0 radical (unpaired) electrons. The Balaban J connectivity index is 2.62. The van der Waals surface area contributed by atoms with Gasteiger partial charge < -0.3 is 5.32 Å². The van der Waals surface area contributed by atoms with E-state index < -0.39 is 0 Å². The SMILES string of the molecule is CCCn1cc(C#CCNCC)c(C)n1. The van der Waals surface area contributed by atoms with E-state index in [9.17, 15) is 0 Å². The molecule has 1 aromatic rings. The highest BCUT2D eigenvalue weighted by molar-refractivity contribution is 5.35. The van der Waals surface area contributed by atoms with Crippen LogP contribution in [-0.2, 0) is 6.54 Å². The van der Waals surface area contributed by atoms with E-state index in [1.807, 2.05) is 17.8 Å². The van der Waals surface area contributed by atoms with Gasteiger partial charge in [-0.1, -0.05) is 25.7 Å². The fraction of sp³-hybridized carbons (Fsp3) is 0.583. The smallest absolute Gasteiger partial charge is 0.0750 e. The Morgan fingerprint density at radius 1 is 1.47 bits per heavy atom. The molecule has 0 bridgehead atoms. The van der Waals surface area contributed by atoms with Crippen LogP contribution in [0.4, 0.5) is 0 Å². The van der Waals surface area contributed by atoms with Crippen LogP contribution in [0.15, 0.2) is 6.20 Å². The first-order valence-electron chi connectivity index (χ1n) is 5.51. The van der Waals surface area contributed by atoms with Crippen LogP contribution >= 0.6 is 0 Å². The molecule has 1 heterocycles. The van der Waals surface area contributed by atoms with Crippen molar-refractivity contribution in [1.29, 1.82) is 0 Å². The zero-order valence-electron chi connectivity index (χ0n) is 9.80. The molecule has 0 aliphatic carbocycles. The third-order valence-corrected chi connectivity index (χ3v) is 2.09. The van der Waals surface area contributed by atoms with Crippen LogP contribution in [0, 0.1) is 18.8 Å². The van der Waals surface area contributed by atoms with Crippen LogP contribution in [0.5, 0.6) is 0 Å². The van der Waals surface area contributed by atoms with E-state index in [0.29, 0.717) is 0 Å². The van der Waals surface area contributed by atoms with E-state index >= 15 is 0 Å². The molecule has 0 aliphatic heterocycles. The van der Waals surface area contributed by atoms with Gasteiger partial charge in [-0.05, 0) is 19.9 Å². The summed E-state index contributed by atoms with van der Waals surface area (Å²) in [4.78, 5) is 0. The minimum atomic E-state index is 0.745. The maximum Gasteiger partial charge on any atom is 0.0750 e. The highest BCUT2D eigenvalue weighted by Crippen LogP contribution is 2.03. The molecule has 0 aromatic carbocycles. The van der Waals surface area contributed by atoms with E-state index in [4.69, 9.17) is 0 Å². The Bertz CT molecular complexity index is 355. The average molecular weight is 205 g/mol. The normalized spacial score (nSPS) is 9.80. The van der Waals surface area contributed by atoms with Crippen molar-refractivity contribution in [3.05, 3.63) is 17.5 Å². The molecule has 0 saturated heterocycles. The van der Waals surface area contributed by atoms with Crippen LogP contribution in [0.1, 0.15) is 31.5 Å². The molecular formula is C12H19N3. The first-order chi connectivity index (χ1) is 7.27. The molecule has 1 N–H and O–H groups in total. The molecule has 0 spiro atoms. The van der Waals surface area contributed by atoms with E-state index in [1.165, 1.54) is 0 Å². The molecule has 0 fully saturated rings. The van der Waals surface area contributed by atoms with Gasteiger partial charge in [-0.25, -0.2) is 0 Å². The monoisotopic (exact) mass is 205 g/mol. The molecule has 0 saturated carbocycles. The minimum absolute atomic E-state index is 0.745. The van der Waals surface area contributed by atoms with E-state index in [2.05, 4.69) is 36.1 Å². The molecule has 0 amide bonds. The molecule has 1 rings (SSSR count). The van der Waals surface area contributed by atoms with Crippen LogP contribution in [0.3, 0.4) is 0 Å². The molecule has 0 unspecified atom stereocenters. The molecule has 1 aromatic heterocycles. The number of nitrogens with zero attached hydrogens (tertiary/aromatic N) is 2. The molecule has 0 atom stereocenters. The van der Waals surface area contributed by atoms with Gasteiger partial charge in [0.25, 0.3) is 0 Å². The number of aromatic nitrogens is 2. The largest absolute Gasteiger partial charge is 0.306 e. The second-order valence-corrected chi connectivity index (χ2v) is 3.47. The number of hydrogen-bond acceptors (Lipinski definition) is 2. The summed E-state index contributed by atoms with van der Waals surface area (Å²) >= 11 is 0. The predicted molar refractivity (Wildman–Crippen MR) is 62.7 cm³/mol. The molecule has 15 heavy (non-hydrogen) atoms. The Labute approximate surface area is 91.9 Å². The highest BCUT2D eigenvalue weighted by atomic mass is 15.3. The van der Waals surface area contributed by atoms with Crippen LogP contribution in [0.2, 0.25) is 0 Å². The first kappa shape index (κ1) is 11.8. The standard InChI is InChI=1S/C12H19N3/c1-4-9-15-10-12(11(3)14-15)7-6-8-13-5-2/h10,13H,4-5,8-9H2,1-3H3. The van der Waals surface area contributed by atoms with Gasteiger partial charge in [0.2, 0.25) is 0 Å². The summed E-state index contributed by atoms with van der Waals surface area (Å²) in [6.45, 7) is 8.90.